The van der Waals surface area contributed by atoms with E-state index in [0.29, 0.717) is 16.5 Å². The molecule has 0 aromatic heterocycles. The summed E-state index contributed by atoms with van der Waals surface area (Å²) in [5.74, 6) is 5.14. The molecule has 0 aliphatic rings. The lowest BCUT2D eigenvalue weighted by molar-refractivity contribution is -0.385. The van der Waals surface area contributed by atoms with E-state index in [1.54, 1.807) is 0 Å². The SMILES string of the molecule is CC(=O)c1ccc(C#CCBr)c([N+](=O)[O-])c1. The number of nitro groups is 1. The van der Waals surface area contributed by atoms with Gasteiger partial charge >= 0.3 is 0 Å². The summed E-state index contributed by atoms with van der Waals surface area (Å²) >= 11 is 3.11. The molecule has 0 heterocycles. The van der Waals surface area contributed by atoms with Crippen molar-refractivity contribution >= 4 is 27.4 Å². The lowest BCUT2D eigenvalue weighted by Crippen LogP contribution is -1.97. The first-order valence-corrected chi connectivity index (χ1v) is 5.52. The normalized spacial score (nSPS) is 9.12. The highest BCUT2D eigenvalue weighted by Crippen LogP contribution is 2.19. The van der Waals surface area contributed by atoms with Crippen LogP contribution in [0.4, 0.5) is 5.69 Å². The molecule has 0 bridgehead atoms. The molecule has 0 amide bonds. The predicted molar refractivity (Wildman–Crippen MR) is 63.8 cm³/mol. The Kier molecular flexibility index (Phi) is 4.20. The zero-order valence-corrected chi connectivity index (χ0v) is 10.1. The maximum absolute atomic E-state index is 11.1. The topological polar surface area (TPSA) is 60.2 Å². The summed E-state index contributed by atoms with van der Waals surface area (Å²) in [6.45, 7) is 1.36. The van der Waals surface area contributed by atoms with Crippen molar-refractivity contribution in [2.75, 3.05) is 5.33 Å². The van der Waals surface area contributed by atoms with Crippen molar-refractivity contribution in [1.82, 2.24) is 0 Å². The van der Waals surface area contributed by atoms with E-state index < -0.39 is 4.92 Å². The maximum Gasteiger partial charge on any atom is 0.285 e. The number of alkyl halides is 1. The number of ketones is 1. The highest BCUT2D eigenvalue weighted by molar-refractivity contribution is 9.09. The van der Waals surface area contributed by atoms with E-state index in [4.69, 9.17) is 0 Å². The van der Waals surface area contributed by atoms with Crippen LogP contribution in [-0.4, -0.2) is 16.0 Å². The summed E-state index contributed by atoms with van der Waals surface area (Å²) in [6.07, 6.45) is 0. The smallest absolute Gasteiger partial charge is 0.285 e. The molecular formula is C11H8BrNO3. The number of benzene rings is 1. The first-order valence-electron chi connectivity index (χ1n) is 4.40. The van der Waals surface area contributed by atoms with Crippen LogP contribution in [0.1, 0.15) is 22.8 Å². The minimum Gasteiger partial charge on any atom is -0.295 e. The lowest BCUT2D eigenvalue weighted by atomic mass is 10.1. The third kappa shape index (κ3) is 2.91. The van der Waals surface area contributed by atoms with E-state index in [1.807, 2.05) is 0 Å². The van der Waals surface area contributed by atoms with Gasteiger partial charge in [-0.1, -0.05) is 27.8 Å². The van der Waals surface area contributed by atoms with E-state index in [0.717, 1.165) is 0 Å². The third-order valence-electron chi connectivity index (χ3n) is 1.89. The number of Topliss-reactive ketones (excluding diaryl/α,β-unsaturated/α-hetero) is 1. The summed E-state index contributed by atoms with van der Waals surface area (Å²) in [7, 11) is 0. The number of carbonyl (C=O) groups excluding carboxylic acids is 1. The second kappa shape index (κ2) is 5.42. The molecule has 1 aromatic rings. The quantitative estimate of drug-likeness (QED) is 0.275. The van der Waals surface area contributed by atoms with Gasteiger partial charge in [-0.2, -0.15) is 0 Å². The maximum atomic E-state index is 11.1. The van der Waals surface area contributed by atoms with Crippen LogP contribution in [-0.2, 0) is 0 Å². The van der Waals surface area contributed by atoms with Crippen molar-refractivity contribution in [3.8, 4) is 11.8 Å². The van der Waals surface area contributed by atoms with Gasteiger partial charge in [0.15, 0.2) is 5.78 Å². The van der Waals surface area contributed by atoms with Crippen LogP contribution in [0, 0.1) is 22.0 Å². The Morgan fingerprint density at radius 1 is 1.56 bits per heavy atom. The molecule has 1 aromatic carbocycles. The van der Waals surface area contributed by atoms with Gasteiger partial charge in [-0.25, -0.2) is 0 Å². The molecule has 82 valence electrons. The molecule has 4 nitrogen and oxygen atoms in total. The van der Waals surface area contributed by atoms with Crippen molar-refractivity contribution in [2.45, 2.75) is 6.92 Å². The zero-order valence-electron chi connectivity index (χ0n) is 8.49. The number of rotatable bonds is 2. The molecule has 0 fully saturated rings. The molecule has 0 aliphatic heterocycles. The molecule has 1 rings (SSSR count). The van der Waals surface area contributed by atoms with Gasteiger partial charge in [0, 0.05) is 11.6 Å². The van der Waals surface area contributed by atoms with Crippen molar-refractivity contribution in [1.29, 1.82) is 0 Å². The Hall–Kier alpha value is -1.67. The summed E-state index contributed by atoms with van der Waals surface area (Å²) < 4.78 is 0. The van der Waals surface area contributed by atoms with E-state index in [1.165, 1.54) is 25.1 Å². The van der Waals surface area contributed by atoms with Gasteiger partial charge in [0.25, 0.3) is 5.69 Å². The van der Waals surface area contributed by atoms with Gasteiger partial charge < -0.3 is 0 Å². The molecule has 5 heteroatoms. The Balaban J connectivity index is 3.30. The highest BCUT2D eigenvalue weighted by atomic mass is 79.9. The first kappa shape index (κ1) is 12.4. The van der Waals surface area contributed by atoms with Crippen molar-refractivity contribution < 1.29 is 9.72 Å². The van der Waals surface area contributed by atoms with Crippen LogP contribution in [0.25, 0.3) is 0 Å². The molecule has 0 N–H and O–H groups in total. The van der Waals surface area contributed by atoms with E-state index >= 15 is 0 Å². The Morgan fingerprint density at radius 2 is 2.25 bits per heavy atom. The second-order valence-corrected chi connectivity index (χ2v) is 3.54. The number of nitro benzene ring substituents is 1. The molecule has 0 saturated heterocycles. The zero-order chi connectivity index (χ0) is 12.1. The predicted octanol–water partition coefficient (Wildman–Crippen LogP) is 2.54. The summed E-state index contributed by atoms with van der Waals surface area (Å²) in [5, 5.41) is 11.2. The molecule has 0 aliphatic carbocycles. The second-order valence-electron chi connectivity index (χ2n) is 2.98. The fourth-order valence-electron chi connectivity index (χ4n) is 1.14. The molecule has 16 heavy (non-hydrogen) atoms. The van der Waals surface area contributed by atoms with Crippen LogP contribution in [0.2, 0.25) is 0 Å². The molecule has 0 radical (unpaired) electrons. The van der Waals surface area contributed by atoms with E-state index in [2.05, 4.69) is 27.8 Å². The lowest BCUT2D eigenvalue weighted by Gasteiger charge is -1.98. The van der Waals surface area contributed by atoms with Gasteiger partial charge in [-0.15, -0.1) is 0 Å². The van der Waals surface area contributed by atoms with Gasteiger partial charge in [0.2, 0.25) is 0 Å². The number of hydrogen-bond acceptors (Lipinski definition) is 3. The standard InChI is InChI=1S/C11H8BrNO3/c1-8(14)10-5-4-9(3-2-6-12)11(7-10)13(15)16/h4-5,7H,6H2,1H3. The van der Waals surface area contributed by atoms with Gasteiger partial charge in [-0.05, 0) is 19.1 Å². The molecule has 0 unspecified atom stereocenters. The molecule has 0 atom stereocenters. The molecule has 0 spiro atoms. The summed E-state index contributed by atoms with van der Waals surface area (Å²) in [4.78, 5) is 21.3. The Morgan fingerprint density at radius 3 is 2.75 bits per heavy atom. The van der Waals surface area contributed by atoms with Crippen LogP contribution < -0.4 is 0 Å². The number of hydrogen-bond donors (Lipinski definition) is 0. The van der Waals surface area contributed by atoms with Gasteiger partial charge in [0.05, 0.1) is 10.3 Å². The van der Waals surface area contributed by atoms with Gasteiger partial charge in [-0.3, -0.25) is 14.9 Å². The van der Waals surface area contributed by atoms with Gasteiger partial charge in [0.1, 0.15) is 5.56 Å². The van der Waals surface area contributed by atoms with Crippen molar-refractivity contribution in [3.05, 3.63) is 39.4 Å². The van der Waals surface area contributed by atoms with Crippen molar-refractivity contribution in [2.24, 2.45) is 0 Å². The third-order valence-corrected chi connectivity index (χ3v) is 2.17. The van der Waals surface area contributed by atoms with Crippen LogP contribution in [0.3, 0.4) is 0 Å². The average Bonchev–Trinajstić information content (AvgIpc) is 2.25. The Bertz CT molecular complexity index is 500. The minimum absolute atomic E-state index is 0.138. The first-order chi connectivity index (χ1) is 7.56. The molecule has 0 saturated carbocycles. The van der Waals surface area contributed by atoms with E-state index in [-0.39, 0.29) is 11.5 Å². The van der Waals surface area contributed by atoms with E-state index in [9.17, 15) is 14.9 Å². The number of nitrogens with zero attached hydrogens (tertiary/aromatic N) is 1. The monoisotopic (exact) mass is 281 g/mol. The highest BCUT2D eigenvalue weighted by Gasteiger charge is 2.14. The van der Waals surface area contributed by atoms with Crippen molar-refractivity contribution in [3.63, 3.8) is 0 Å². The average molecular weight is 282 g/mol. The number of carbonyl (C=O) groups is 1. The number of halogens is 1. The summed E-state index contributed by atoms with van der Waals surface area (Å²) in [6, 6.07) is 4.28. The summed E-state index contributed by atoms with van der Waals surface area (Å²) in [5.41, 5.74) is 0.492. The fraction of sp³-hybridized carbons (Fsp3) is 0.182. The van der Waals surface area contributed by atoms with Crippen LogP contribution in [0.5, 0.6) is 0 Å². The molecular weight excluding hydrogens is 274 g/mol. The Labute approximate surface area is 101 Å². The van der Waals surface area contributed by atoms with Crippen LogP contribution >= 0.6 is 15.9 Å². The minimum atomic E-state index is -0.537. The van der Waals surface area contributed by atoms with Crippen LogP contribution in [0.15, 0.2) is 18.2 Å². The fourth-order valence-corrected chi connectivity index (χ4v) is 1.28. The largest absolute Gasteiger partial charge is 0.295 e.